The van der Waals surface area contributed by atoms with Gasteiger partial charge < -0.3 is 15.0 Å². The molecule has 0 aliphatic heterocycles. The zero-order valence-electron chi connectivity index (χ0n) is 26.8. The van der Waals surface area contributed by atoms with E-state index in [1.807, 2.05) is 57.2 Å². The number of methoxy groups -OCH3 is 1. The van der Waals surface area contributed by atoms with Crippen LogP contribution in [-0.2, 0) is 32.6 Å². The number of carbonyl (C=O) groups excluding carboxylic acids is 2. The van der Waals surface area contributed by atoms with Crippen LogP contribution in [0.25, 0.3) is 0 Å². The van der Waals surface area contributed by atoms with Crippen LogP contribution in [-0.4, -0.2) is 50.9 Å². The molecule has 0 heterocycles. The molecular formula is C36H39BrClN3O5S. The summed E-state index contributed by atoms with van der Waals surface area (Å²) >= 11 is 9.71. The molecule has 0 aliphatic carbocycles. The zero-order chi connectivity index (χ0) is 34.1. The van der Waals surface area contributed by atoms with Gasteiger partial charge in [0.15, 0.2) is 0 Å². The first-order valence-electron chi connectivity index (χ1n) is 15.2. The molecular weight excluding hydrogens is 702 g/mol. The van der Waals surface area contributed by atoms with E-state index in [0.29, 0.717) is 32.9 Å². The van der Waals surface area contributed by atoms with Gasteiger partial charge in [0.05, 0.1) is 22.2 Å². The van der Waals surface area contributed by atoms with E-state index in [1.165, 1.54) is 24.1 Å². The average molecular weight is 741 g/mol. The predicted molar refractivity (Wildman–Crippen MR) is 190 cm³/mol. The molecule has 0 radical (unpaired) electrons. The number of nitrogens with zero attached hydrogens (tertiary/aromatic N) is 2. The number of amides is 2. The molecule has 0 fully saturated rings. The van der Waals surface area contributed by atoms with Gasteiger partial charge in [0, 0.05) is 24.0 Å². The second-order valence-electron chi connectivity index (χ2n) is 11.3. The second-order valence-corrected chi connectivity index (χ2v) is 14.5. The fraction of sp³-hybridized carbons (Fsp3) is 0.278. The lowest BCUT2D eigenvalue weighted by Crippen LogP contribution is -2.54. The Bertz CT molecular complexity index is 1790. The molecule has 0 spiro atoms. The minimum atomic E-state index is -4.27. The van der Waals surface area contributed by atoms with Gasteiger partial charge in [0.1, 0.15) is 18.3 Å². The number of aryl methyl sites for hydroxylation is 1. The van der Waals surface area contributed by atoms with Crippen LogP contribution in [0.3, 0.4) is 0 Å². The minimum absolute atomic E-state index is 0.0285. The molecule has 0 aromatic heterocycles. The quantitative estimate of drug-likeness (QED) is 0.148. The molecule has 11 heteroatoms. The Labute approximate surface area is 290 Å². The fourth-order valence-corrected chi connectivity index (χ4v) is 7.35. The largest absolute Gasteiger partial charge is 0.496 e. The maximum atomic E-state index is 14.6. The van der Waals surface area contributed by atoms with Crippen molar-refractivity contribution in [2.75, 3.05) is 18.0 Å². The number of ether oxygens (including phenoxy) is 1. The van der Waals surface area contributed by atoms with E-state index in [1.54, 1.807) is 48.5 Å². The molecule has 0 saturated carbocycles. The summed E-state index contributed by atoms with van der Waals surface area (Å²) in [4.78, 5) is 30.0. The molecule has 1 N–H and O–H groups in total. The van der Waals surface area contributed by atoms with Crippen LogP contribution in [0.1, 0.15) is 37.0 Å². The maximum Gasteiger partial charge on any atom is 0.264 e. The first kappa shape index (κ1) is 36.0. The average Bonchev–Trinajstić information content (AvgIpc) is 3.05. The van der Waals surface area contributed by atoms with E-state index >= 15 is 0 Å². The van der Waals surface area contributed by atoms with Crippen LogP contribution in [0.2, 0.25) is 5.02 Å². The van der Waals surface area contributed by atoms with Crippen molar-refractivity contribution >= 4 is 55.1 Å². The van der Waals surface area contributed by atoms with Crippen molar-refractivity contribution in [1.82, 2.24) is 10.2 Å². The van der Waals surface area contributed by atoms with E-state index in [9.17, 15) is 18.0 Å². The standard InChI is InChI=1S/C36H39BrClN3O5S/c1-5-26(3)39-36(43)33(21-27-10-7-6-8-11-27)40(23-28-12-9-13-29(38)20-28)35(42)24-41(30-16-14-25(2)15-17-30)47(44,45)31-18-19-34(46-4)32(37)22-31/h6-20,22,26,33H,5,21,23-24H2,1-4H3,(H,39,43)/t26-,33+/m1/s1. The smallest absolute Gasteiger partial charge is 0.264 e. The SMILES string of the molecule is CC[C@@H](C)NC(=O)[C@H](Cc1ccccc1)N(Cc1cccc(Cl)c1)C(=O)CN(c1ccc(C)cc1)S(=O)(=O)c1ccc(OC)c(Br)c1. The number of nitrogens with one attached hydrogen (secondary N) is 1. The lowest BCUT2D eigenvalue weighted by Gasteiger charge is -2.34. The summed E-state index contributed by atoms with van der Waals surface area (Å²) in [6.07, 6.45) is 0.918. The third kappa shape index (κ3) is 9.37. The molecule has 8 nitrogen and oxygen atoms in total. The summed E-state index contributed by atoms with van der Waals surface area (Å²) in [6.45, 7) is 5.23. The second kappa shape index (κ2) is 16.3. The van der Waals surface area contributed by atoms with Crippen LogP contribution >= 0.6 is 27.5 Å². The minimum Gasteiger partial charge on any atom is -0.496 e. The molecule has 4 aromatic carbocycles. The molecule has 2 amide bonds. The molecule has 0 aliphatic rings. The predicted octanol–water partition coefficient (Wildman–Crippen LogP) is 7.17. The molecule has 0 unspecified atom stereocenters. The number of rotatable bonds is 14. The number of benzene rings is 4. The van der Waals surface area contributed by atoms with Crippen molar-refractivity contribution in [2.24, 2.45) is 0 Å². The highest BCUT2D eigenvalue weighted by Crippen LogP contribution is 2.31. The zero-order valence-corrected chi connectivity index (χ0v) is 30.0. The number of hydrogen-bond acceptors (Lipinski definition) is 5. The molecule has 0 saturated heterocycles. The van der Waals surface area contributed by atoms with Crippen molar-refractivity contribution in [1.29, 1.82) is 0 Å². The van der Waals surface area contributed by atoms with Gasteiger partial charge in [-0.05, 0) is 89.8 Å². The molecule has 248 valence electrons. The van der Waals surface area contributed by atoms with Crippen molar-refractivity contribution < 1.29 is 22.7 Å². The lowest BCUT2D eigenvalue weighted by molar-refractivity contribution is -0.140. The van der Waals surface area contributed by atoms with Crippen molar-refractivity contribution in [3.8, 4) is 5.75 Å². The highest BCUT2D eigenvalue weighted by atomic mass is 79.9. The maximum absolute atomic E-state index is 14.6. The van der Waals surface area contributed by atoms with E-state index in [-0.39, 0.29) is 29.8 Å². The van der Waals surface area contributed by atoms with Gasteiger partial charge in [-0.25, -0.2) is 8.42 Å². The third-order valence-corrected chi connectivity index (χ3v) is 10.5. The molecule has 0 bridgehead atoms. The van der Waals surface area contributed by atoms with Crippen molar-refractivity contribution in [2.45, 2.75) is 57.1 Å². The molecule has 4 rings (SSSR count). The molecule has 4 aromatic rings. The summed E-state index contributed by atoms with van der Waals surface area (Å²) in [5, 5.41) is 3.52. The first-order valence-corrected chi connectivity index (χ1v) is 17.8. The van der Waals surface area contributed by atoms with E-state index in [0.717, 1.165) is 15.4 Å². The number of halogens is 2. The van der Waals surface area contributed by atoms with Gasteiger partial charge in [0.2, 0.25) is 11.8 Å². The van der Waals surface area contributed by atoms with Gasteiger partial charge >= 0.3 is 0 Å². The van der Waals surface area contributed by atoms with E-state index in [4.69, 9.17) is 16.3 Å². The van der Waals surface area contributed by atoms with Gasteiger partial charge in [-0.15, -0.1) is 0 Å². The summed E-state index contributed by atoms with van der Waals surface area (Å²) in [5.41, 5.74) is 2.79. The topological polar surface area (TPSA) is 96.0 Å². The molecule has 2 atom stereocenters. The number of carbonyl (C=O) groups is 2. The van der Waals surface area contributed by atoms with Gasteiger partial charge in [-0.1, -0.05) is 78.7 Å². The fourth-order valence-electron chi connectivity index (χ4n) is 5.00. The lowest BCUT2D eigenvalue weighted by atomic mass is 10.0. The monoisotopic (exact) mass is 739 g/mol. The summed E-state index contributed by atoms with van der Waals surface area (Å²) < 4.78 is 35.4. The van der Waals surface area contributed by atoms with Gasteiger partial charge in [-0.3, -0.25) is 13.9 Å². The van der Waals surface area contributed by atoms with Crippen LogP contribution < -0.4 is 14.4 Å². The Morgan fingerprint density at radius 1 is 0.936 bits per heavy atom. The Morgan fingerprint density at radius 2 is 1.62 bits per heavy atom. The van der Waals surface area contributed by atoms with E-state index < -0.39 is 28.5 Å². The van der Waals surface area contributed by atoms with Crippen LogP contribution in [0.5, 0.6) is 5.75 Å². The van der Waals surface area contributed by atoms with E-state index in [2.05, 4.69) is 21.2 Å². The summed E-state index contributed by atoms with van der Waals surface area (Å²) in [7, 11) is -2.78. The van der Waals surface area contributed by atoms with Gasteiger partial charge in [0.25, 0.3) is 10.0 Å². The van der Waals surface area contributed by atoms with Crippen molar-refractivity contribution in [3.63, 3.8) is 0 Å². The Hall–Kier alpha value is -3.86. The van der Waals surface area contributed by atoms with Crippen molar-refractivity contribution in [3.05, 3.63) is 123 Å². The third-order valence-electron chi connectivity index (χ3n) is 7.83. The van der Waals surface area contributed by atoms with Gasteiger partial charge in [-0.2, -0.15) is 0 Å². The number of sulfonamides is 1. The normalized spacial score (nSPS) is 12.6. The summed E-state index contributed by atoms with van der Waals surface area (Å²) in [5.74, 6) is -0.421. The summed E-state index contributed by atoms with van der Waals surface area (Å²) in [6, 6.07) is 26.7. The highest BCUT2D eigenvalue weighted by molar-refractivity contribution is 9.10. The Kier molecular flexibility index (Phi) is 12.5. The number of hydrogen-bond donors (Lipinski definition) is 1. The van der Waals surface area contributed by atoms with Crippen LogP contribution in [0.15, 0.2) is 106 Å². The van der Waals surface area contributed by atoms with Crippen LogP contribution in [0, 0.1) is 6.92 Å². The highest BCUT2D eigenvalue weighted by Gasteiger charge is 2.35. The Morgan fingerprint density at radius 3 is 2.23 bits per heavy atom. The molecule has 47 heavy (non-hydrogen) atoms. The van der Waals surface area contributed by atoms with Crippen LogP contribution in [0.4, 0.5) is 5.69 Å². The Balaban J connectivity index is 1.82. The number of anilines is 1. The first-order chi connectivity index (χ1) is 22.4.